The van der Waals surface area contributed by atoms with E-state index in [0.29, 0.717) is 23.7 Å². The third-order valence-electron chi connectivity index (χ3n) is 4.50. The van der Waals surface area contributed by atoms with Crippen LogP contribution in [0.4, 0.5) is 5.69 Å². The largest absolute Gasteiger partial charge is 0.486 e. The van der Waals surface area contributed by atoms with E-state index in [2.05, 4.69) is 15.3 Å². The van der Waals surface area contributed by atoms with Gasteiger partial charge in [-0.3, -0.25) is 14.0 Å². The number of ether oxygens (including phenoxy) is 1. The Morgan fingerprint density at radius 2 is 1.93 bits per heavy atom. The zero-order chi connectivity index (χ0) is 20.4. The van der Waals surface area contributed by atoms with Crippen LogP contribution in [0.3, 0.4) is 0 Å². The first kappa shape index (κ1) is 18.4. The van der Waals surface area contributed by atoms with Crippen LogP contribution in [0.5, 0.6) is 5.75 Å². The molecule has 0 bridgehead atoms. The Labute approximate surface area is 166 Å². The normalized spacial score (nSPS) is 10.8. The molecule has 1 aromatic carbocycles. The number of aryl methyl sites for hydroxylation is 2. The molecule has 8 heteroatoms. The molecule has 146 valence electrons. The molecule has 0 spiro atoms. The van der Waals surface area contributed by atoms with Gasteiger partial charge in [-0.15, -0.1) is 0 Å². The summed E-state index contributed by atoms with van der Waals surface area (Å²) < 4.78 is 8.95. The number of imidazole rings is 1. The Morgan fingerprint density at radius 3 is 2.66 bits per heavy atom. The SMILES string of the molecule is Cc1ccc2ncc(C(=O)Nc3ccc(OCc4nccn4C)cc3)c(=O)n2c1. The van der Waals surface area contributed by atoms with Crippen molar-refractivity contribution in [2.45, 2.75) is 13.5 Å². The minimum atomic E-state index is -0.514. The van der Waals surface area contributed by atoms with Crippen molar-refractivity contribution in [3.8, 4) is 5.75 Å². The summed E-state index contributed by atoms with van der Waals surface area (Å²) in [6.07, 6.45) is 6.52. The highest BCUT2D eigenvalue weighted by molar-refractivity contribution is 6.03. The van der Waals surface area contributed by atoms with Gasteiger partial charge in [-0.05, 0) is 42.8 Å². The summed E-state index contributed by atoms with van der Waals surface area (Å²) >= 11 is 0. The van der Waals surface area contributed by atoms with E-state index in [1.54, 1.807) is 42.7 Å². The zero-order valence-corrected chi connectivity index (χ0v) is 16.0. The summed E-state index contributed by atoms with van der Waals surface area (Å²) in [5.74, 6) is 0.941. The van der Waals surface area contributed by atoms with Crippen LogP contribution in [-0.2, 0) is 13.7 Å². The van der Waals surface area contributed by atoms with E-state index in [-0.39, 0.29) is 5.56 Å². The van der Waals surface area contributed by atoms with Gasteiger partial charge in [0.25, 0.3) is 11.5 Å². The number of nitrogens with one attached hydrogen (secondary N) is 1. The van der Waals surface area contributed by atoms with Crippen molar-refractivity contribution in [1.29, 1.82) is 0 Å². The third kappa shape index (κ3) is 3.86. The van der Waals surface area contributed by atoms with Crippen molar-refractivity contribution < 1.29 is 9.53 Å². The third-order valence-corrected chi connectivity index (χ3v) is 4.50. The first-order valence-electron chi connectivity index (χ1n) is 9.00. The Morgan fingerprint density at radius 1 is 1.14 bits per heavy atom. The highest BCUT2D eigenvalue weighted by atomic mass is 16.5. The van der Waals surface area contributed by atoms with Crippen LogP contribution < -0.4 is 15.6 Å². The number of amides is 1. The minimum absolute atomic E-state index is 0.0248. The van der Waals surface area contributed by atoms with Gasteiger partial charge in [-0.25, -0.2) is 9.97 Å². The van der Waals surface area contributed by atoms with Gasteiger partial charge in [-0.2, -0.15) is 0 Å². The Hall–Kier alpha value is -3.94. The van der Waals surface area contributed by atoms with Gasteiger partial charge in [0.15, 0.2) is 0 Å². The molecule has 0 saturated heterocycles. The van der Waals surface area contributed by atoms with E-state index in [4.69, 9.17) is 4.74 Å². The van der Waals surface area contributed by atoms with Gasteiger partial charge in [0, 0.05) is 37.5 Å². The van der Waals surface area contributed by atoms with E-state index in [1.807, 2.05) is 30.8 Å². The second-order valence-electron chi connectivity index (χ2n) is 6.63. The molecule has 0 atom stereocenters. The van der Waals surface area contributed by atoms with E-state index < -0.39 is 11.5 Å². The molecule has 1 amide bonds. The molecule has 0 unspecified atom stereocenters. The fourth-order valence-electron chi connectivity index (χ4n) is 2.85. The van der Waals surface area contributed by atoms with Crippen LogP contribution in [0.2, 0.25) is 0 Å². The van der Waals surface area contributed by atoms with Crippen LogP contribution in [0.25, 0.3) is 5.65 Å². The topological polar surface area (TPSA) is 90.5 Å². The molecule has 0 aliphatic carbocycles. The monoisotopic (exact) mass is 389 g/mol. The maximum absolute atomic E-state index is 12.6. The number of nitrogens with zero attached hydrogens (tertiary/aromatic N) is 4. The van der Waals surface area contributed by atoms with Crippen molar-refractivity contribution in [3.63, 3.8) is 0 Å². The number of rotatable bonds is 5. The number of carbonyl (C=O) groups excluding carboxylic acids is 1. The molecule has 3 aromatic heterocycles. The smallest absolute Gasteiger partial charge is 0.270 e. The average molecular weight is 389 g/mol. The Bertz CT molecular complexity index is 1240. The molecule has 4 rings (SSSR count). The minimum Gasteiger partial charge on any atom is -0.486 e. The summed E-state index contributed by atoms with van der Waals surface area (Å²) in [5.41, 5.74) is 1.51. The molecule has 0 saturated carbocycles. The highest BCUT2D eigenvalue weighted by Crippen LogP contribution is 2.17. The summed E-state index contributed by atoms with van der Waals surface area (Å²) in [6, 6.07) is 10.5. The van der Waals surface area contributed by atoms with Gasteiger partial charge in [0.05, 0.1) is 0 Å². The molecular formula is C21H19N5O3. The summed E-state index contributed by atoms with van der Waals surface area (Å²) in [5, 5.41) is 2.72. The number of hydrogen-bond donors (Lipinski definition) is 1. The van der Waals surface area contributed by atoms with Crippen molar-refractivity contribution in [2.24, 2.45) is 7.05 Å². The molecule has 3 heterocycles. The molecular weight excluding hydrogens is 370 g/mol. The van der Waals surface area contributed by atoms with Crippen molar-refractivity contribution in [3.05, 3.63) is 88.5 Å². The predicted octanol–water partition coefficient (Wildman–Crippen LogP) is 2.57. The molecule has 0 aliphatic heterocycles. The van der Waals surface area contributed by atoms with Gasteiger partial charge in [-0.1, -0.05) is 6.07 Å². The predicted molar refractivity (Wildman–Crippen MR) is 108 cm³/mol. The average Bonchev–Trinajstić information content (AvgIpc) is 3.13. The van der Waals surface area contributed by atoms with Crippen LogP contribution in [-0.4, -0.2) is 24.8 Å². The van der Waals surface area contributed by atoms with E-state index in [1.165, 1.54) is 10.6 Å². The number of aromatic nitrogens is 4. The number of anilines is 1. The van der Waals surface area contributed by atoms with E-state index >= 15 is 0 Å². The van der Waals surface area contributed by atoms with Gasteiger partial charge >= 0.3 is 0 Å². The van der Waals surface area contributed by atoms with Crippen LogP contribution in [0.1, 0.15) is 21.7 Å². The molecule has 8 nitrogen and oxygen atoms in total. The standard InChI is InChI=1S/C21H19N5O3/c1-14-3-8-18-23-11-17(21(28)26(18)12-14)20(27)24-15-4-6-16(7-5-15)29-13-19-22-9-10-25(19)2/h3-12H,13H2,1-2H3,(H,24,27). The summed E-state index contributed by atoms with van der Waals surface area (Å²) in [6.45, 7) is 2.21. The maximum atomic E-state index is 12.6. The van der Waals surface area contributed by atoms with E-state index in [9.17, 15) is 9.59 Å². The Kier molecular flexibility index (Phi) is 4.82. The highest BCUT2D eigenvalue weighted by Gasteiger charge is 2.14. The molecule has 4 aromatic rings. The number of carbonyl (C=O) groups is 1. The van der Waals surface area contributed by atoms with Gasteiger partial charge in [0.2, 0.25) is 0 Å². The molecule has 0 radical (unpaired) electrons. The fraction of sp³-hybridized carbons (Fsp3) is 0.143. The van der Waals surface area contributed by atoms with Crippen LogP contribution >= 0.6 is 0 Å². The van der Waals surface area contributed by atoms with Crippen molar-refractivity contribution in [2.75, 3.05) is 5.32 Å². The Balaban J connectivity index is 1.47. The van der Waals surface area contributed by atoms with Gasteiger partial charge in [0.1, 0.15) is 29.4 Å². The van der Waals surface area contributed by atoms with Crippen LogP contribution in [0.15, 0.2) is 66.0 Å². The second-order valence-corrected chi connectivity index (χ2v) is 6.63. The van der Waals surface area contributed by atoms with Crippen LogP contribution in [0, 0.1) is 6.92 Å². The molecule has 29 heavy (non-hydrogen) atoms. The molecule has 0 fully saturated rings. The van der Waals surface area contributed by atoms with Crippen molar-refractivity contribution in [1.82, 2.24) is 18.9 Å². The van der Waals surface area contributed by atoms with Gasteiger partial charge < -0.3 is 14.6 Å². The lowest BCUT2D eigenvalue weighted by atomic mass is 10.2. The fourth-order valence-corrected chi connectivity index (χ4v) is 2.85. The molecule has 1 N–H and O–H groups in total. The quantitative estimate of drug-likeness (QED) is 0.567. The number of benzene rings is 1. The van der Waals surface area contributed by atoms with Crippen molar-refractivity contribution >= 4 is 17.2 Å². The first-order valence-corrected chi connectivity index (χ1v) is 9.00. The van der Waals surface area contributed by atoms with E-state index in [0.717, 1.165) is 11.4 Å². The zero-order valence-electron chi connectivity index (χ0n) is 16.0. The first-order chi connectivity index (χ1) is 14.0. The maximum Gasteiger partial charge on any atom is 0.270 e. The lowest BCUT2D eigenvalue weighted by Gasteiger charge is -2.09. The summed E-state index contributed by atoms with van der Waals surface area (Å²) in [7, 11) is 1.90. The number of pyridine rings is 1. The lowest BCUT2D eigenvalue weighted by Crippen LogP contribution is -2.26. The second kappa shape index (κ2) is 7.59. The number of fused-ring (bicyclic) bond motifs is 1. The molecule has 0 aliphatic rings. The summed E-state index contributed by atoms with van der Waals surface area (Å²) in [4.78, 5) is 33.6. The lowest BCUT2D eigenvalue weighted by molar-refractivity contribution is 0.102. The number of hydrogen-bond acceptors (Lipinski definition) is 5.